The monoisotopic (exact) mass is 241 g/mol. The largest absolute Gasteiger partial charge is 0.349 e. The lowest BCUT2D eigenvalue weighted by atomic mass is 10.1. The molecule has 1 N–H and O–H groups in total. The van der Waals surface area contributed by atoms with E-state index in [0.29, 0.717) is 6.04 Å². The highest BCUT2D eigenvalue weighted by atomic mass is 32.1. The Hall–Kier alpha value is -0.480. The molecule has 0 aliphatic heterocycles. The van der Waals surface area contributed by atoms with Gasteiger partial charge in [0.25, 0.3) is 5.91 Å². The molecule has 0 saturated heterocycles. The molecule has 0 bridgehead atoms. The summed E-state index contributed by atoms with van der Waals surface area (Å²) in [6.07, 6.45) is 3.46. The van der Waals surface area contributed by atoms with E-state index < -0.39 is 0 Å². The SMILES string of the molecule is CC1CCC(NC(=O)c2cc(S)cs2)C1. The molecule has 2 nitrogen and oxygen atoms in total. The zero-order valence-electron chi connectivity index (χ0n) is 8.69. The molecule has 1 aliphatic carbocycles. The van der Waals surface area contributed by atoms with Crippen LogP contribution in [0.25, 0.3) is 0 Å². The maximum Gasteiger partial charge on any atom is 0.261 e. The van der Waals surface area contributed by atoms with Gasteiger partial charge in [0, 0.05) is 16.3 Å². The molecule has 1 aliphatic rings. The predicted octanol–water partition coefficient (Wildman–Crippen LogP) is 2.96. The van der Waals surface area contributed by atoms with Crippen molar-refractivity contribution in [2.24, 2.45) is 5.92 Å². The van der Waals surface area contributed by atoms with Crippen LogP contribution in [-0.2, 0) is 0 Å². The normalized spacial score (nSPS) is 25.5. The fraction of sp³-hybridized carbons (Fsp3) is 0.545. The zero-order valence-corrected chi connectivity index (χ0v) is 10.4. The zero-order chi connectivity index (χ0) is 10.8. The van der Waals surface area contributed by atoms with E-state index in [0.717, 1.165) is 28.5 Å². The van der Waals surface area contributed by atoms with Crippen molar-refractivity contribution in [2.75, 3.05) is 0 Å². The Balaban J connectivity index is 1.92. The van der Waals surface area contributed by atoms with E-state index in [1.165, 1.54) is 17.8 Å². The third-order valence-corrected chi connectivity index (χ3v) is 4.20. The van der Waals surface area contributed by atoms with E-state index in [9.17, 15) is 4.79 Å². The minimum atomic E-state index is 0.0550. The standard InChI is InChI=1S/C11H15NOS2/c1-7-2-3-8(4-7)12-11(13)10-5-9(14)6-15-10/h5-8,14H,2-4H2,1H3,(H,12,13). The molecule has 0 radical (unpaired) electrons. The van der Waals surface area contributed by atoms with Crippen molar-refractivity contribution in [1.82, 2.24) is 5.32 Å². The summed E-state index contributed by atoms with van der Waals surface area (Å²) in [6.45, 7) is 2.24. The number of hydrogen-bond acceptors (Lipinski definition) is 3. The summed E-state index contributed by atoms with van der Waals surface area (Å²) < 4.78 is 0. The highest BCUT2D eigenvalue weighted by Crippen LogP contribution is 2.25. The van der Waals surface area contributed by atoms with Gasteiger partial charge in [-0.2, -0.15) is 0 Å². The molecular weight excluding hydrogens is 226 g/mol. The third-order valence-electron chi connectivity index (χ3n) is 2.84. The average Bonchev–Trinajstić information content (AvgIpc) is 2.75. The lowest BCUT2D eigenvalue weighted by Crippen LogP contribution is -2.32. The summed E-state index contributed by atoms with van der Waals surface area (Å²) in [7, 11) is 0. The van der Waals surface area contributed by atoms with Crippen LogP contribution in [0.3, 0.4) is 0 Å². The highest BCUT2D eigenvalue weighted by Gasteiger charge is 2.23. The molecule has 2 rings (SSSR count). The van der Waals surface area contributed by atoms with Crippen molar-refractivity contribution in [2.45, 2.75) is 37.1 Å². The van der Waals surface area contributed by atoms with E-state index in [4.69, 9.17) is 0 Å². The van der Waals surface area contributed by atoms with Gasteiger partial charge >= 0.3 is 0 Å². The summed E-state index contributed by atoms with van der Waals surface area (Å²) in [4.78, 5) is 13.4. The van der Waals surface area contributed by atoms with Crippen molar-refractivity contribution < 1.29 is 4.79 Å². The molecular formula is C11H15NOS2. The molecule has 1 fully saturated rings. The van der Waals surface area contributed by atoms with E-state index in [-0.39, 0.29) is 5.91 Å². The fourth-order valence-corrected chi connectivity index (χ4v) is 3.09. The van der Waals surface area contributed by atoms with E-state index in [2.05, 4.69) is 24.9 Å². The second-order valence-electron chi connectivity index (χ2n) is 4.26. The Kier molecular flexibility index (Phi) is 3.36. The van der Waals surface area contributed by atoms with Gasteiger partial charge in [-0.1, -0.05) is 6.92 Å². The second kappa shape index (κ2) is 4.58. The molecule has 1 heterocycles. The van der Waals surface area contributed by atoms with Crippen LogP contribution < -0.4 is 5.32 Å². The number of amides is 1. The van der Waals surface area contributed by atoms with Gasteiger partial charge in [0.05, 0.1) is 4.88 Å². The van der Waals surface area contributed by atoms with Gasteiger partial charge in [-0.15, -0.1) is 24.0 Å². The summed E-state index contributed by atoms with van der Waals surface area (Å²) >= 11 is 5.65. The second-order valence-corrected chi connectivity index (χ2v) is 5.69. The number of carbonyl (C=O) groups is 1. The quantitative estimate of drug-likeness (QED) is 0.766. The van der Waals surface area contributed by atoms with Crippen LogP contribution in [0.1, 0.15) is 35.9 Å². The van der Waals surface area contributed by atoms with Crippen LogP contribution in [0, 0.1) is 5.92 Å². The van der Waals surface area contributed by atoms with Crippen LogP contribution in [0.4, 0.5) is 0 Å². The van der Waals surface area contributed by atoms with Crippen molar-refractivity contribution in [3.63, 3.8) is 0 Å². The van der Waals surface area contributed by atoms with Crippen LogP contribution in [0.15, 0.2) is 16.3 Å². The van der Waals surface area contributed by atoms with Gasteiger partial charge in [0.1, 0.15) is 0 Å². The van der Waals surface area contributed by atoms with Gasteiger partial charge in [-0.25, -0.2) is 0 Å². The average molecular weight is 241 g/mol. The van der Waals surface area contributed by atoms with Crippen LogP contribution in [0.5, 0.6) is 0 Å². The van der Waals surface area contributed by atoms with Crippen LogP contribution in [0.2, 0.25) is 0 Å². The Morgan fingerprint density at radius 3 is 2.93 bits per heavy atom. The molecule has 0 spiro atoms. The molecule has 0 aromatic carbocycles. The fourth-order valence-electron chi connectivity index (χ4n) is 2.04. The minimum Gasteiger partial charge on any atom is -0.349 e. The van der Waals surface area contributed by atoms with Gasteiger partial charge in [0.2, 0.25) is 0 Å². The Bertz CT molecular complexity index is 361. The van der Waals surface area contributed by atoms with Crippen molar-refractivity contribution in [3.05, 3.63) is 16.3 Å². The third kappa shape index (κ3) is 2.75. The van der Waals surface area contributed by atoms with Gasteiger partial charge in [-0.05, 0) is 31.2 Å². The first-order valence-electron chi connectivity index (χ1n) is 5.23. The number of rotatable bonds is 2. The first-order valence-corrected chi connectivity index (χ1v) is 6.56. The van der Waals surface area contributed by atoms with Crippen molar-refractivity contribution in [1.29, 1.82) is 0 Å². The maximum atomic E-state index is 11.8. The maximum absolute atomic E-state index is 11.8. The molecule has 4 heteroatoms. The molecule has 1 aromatic heterocycles. The van der Waals surface area contributed by atoms with Crippen molar-refractivity contribution in [3.8, 4) is 0 Å². The summed E-state index contributed by atoms with van der Waals surface area (Å²) in [5.74, 6) is 0.804. The summed E-state index contributed by atoms with van der Waals surface area (Å²) in [5.41, 5.74) is 0. The number of hydrogen-bond donors (Lipinski definition) is 2. The molecule has 2 unspecified atom stereocenters. The lowest BCUT2D eigenvalue weighted by molar-refractivity contribution is 0.0941. The van der Waals surface area contributed by atoms with Crippen LogP contribution >= 0.6 is 24.0 Å². The number of nitrogens with one attached hydrogen (secondary N) is 1. The molecule has 82 valence electrons. The molecule has 1 amide bonds. The molecule has 1 saturated carbocycles. The Labute approximate surface area is 99.5 Å². The van der Waals surface area contributed by atoms with E-state index >= 15 is 0 Å². The number of thiophene rings is 1. The lowest BCUT2D eigenvalue weighted by Gasteiger charge is -2.11. The molecule has 2 atom stereocenters. The minimum absolute atomic E-state index is 0.0550. The topological polar surface area (TPSA) is 29.1 Å². The van der Waals surface area contributed by atoms with E-state index in [1.807, 2.05) is 11.4 Å². The predicted molar refractivity (Wildman–Crippen MR) is 65.8 cm³/mol. The number of carbonyl (C=O) groups excluding carboxylic acids is 1. The molecule has 1 aromatic rings. The first-order chi connectivity index (χ1) is 7.15. The van der Waals surface area contributed by atoms with E-state index in [1.54, 1.807) is 0 Å². The Morgan fingerprint density at radius 1 is 1.60 bits per heavy atom. The summed E-state index contributed by atoms with van der Waals surface area (Å²) in [6, 6.07) is 2.19. The summed E-state index contributed by atoms with van der Waals surface area (Å²) in [5, 5.41) is 4.96. The molecule has 15 heavy (non-hydrogen) atoms. The Morgan fingerprint density at radius 2 is 2.40 bits per heavy atom. The van der Waals surface area contributed by atoms with Crippen LogP contribution in [-0.4, -0.2) is 11.9 Å². The van der Waals surface area contributed by atoms with Gasteiger partial charge in [-0.3, -0.25) is 4.79 Å². The highest BCUT2D eigenvalue weighted by molar-refractivity contribution is 7.80. The first kappa shape index (κ1) is 11.0. The smallest absolute Gasteiger partial charge is 0.261 e. The van der Waals surface area contributed by atoms with Crippen molar-refractivity contribution >= 4 is 29.9 Å². The van der Waals surface area contributed by atoms with Gasteiger partial charge in [0.15, 0.2) is 0 Å². The number of thiol groups is 1. The van der Waals surface area contributed by atoms with Gasteiger partial charge < -0.3 is 5.32 Å².